The van der Waals surface area contributed by atoms with Gasteiger partial charge in [-0.05, 0) is 37.5 Å². The molecule has 0 saturated heterocycles. The summed E-state index contributed by atoms with van der Waals surface area (Å²) in [5.74, 6) is 0.400. The van der Waals surface area contributed by atoms with E-state index in [-0.39, 0.29) is 0 Å². The van der Waals surface area contributed by atoms with Crippen LogP contribution in [-0.2, 0) is 6.54 Å². The van der Waals surface area contributed by atoms with Gasteiger partial charge >= 0.3 is 0 Å². The second-order valence-electron chi connectivity index (χ2n) is 4.62. The first kappa shape index (κ1) is 11.9. The van der Waals surface area contributed by atoms with E-state index in [1.807, 2.05) is 12.5 Å². The first-order chi connectivity index (χ1) is 8.15. The van der Waals surface area contributed by atoms with E-state index in [1.165, 1.54) is 22.4 Å². The van der Waals surface area contributed by atoms with E-state index in [4.69, 9.17) is 0 Å². The summed E-state index contributed by atoms with van der Waals surface area (Å²) in [5.41, 5.74) is 5.45. The summed E-state index contributed by atoms with van der Waals surface area (Å²) in [6.07, 6.45) is 3.90. The molecule has 0 unspecified atom stereocenters. The van der Waals surface area contributed by atoms with Gasteiger partial charge in [0.2, 0.25) is 0 Å². The van der Waals surface area contributed by atoms with Crippen molar-refractivity contribution in [3.05, 3.63) is 53.1 Å². The predicted octanol–water partition coefficient (Wildman–Crippen LogP) is 3.67. The number of hydrogen-bond donors (Lipinski definition) is 0. The average Bonchev–Trinajstić information content (AvgIpc) is 2.80. The van der Waals surface area contributed by atoms with Gasteiger partial charge in [0.15, 0.2) is 0 Å². The Morgan fingerprint density at radius 2 is 2.06 bits per heavy atom. The van der Waals surface area contributed by atoms with E-state index in [0.29, 0.717) is 5.92 Å². The van der Waals surface area contributed by atoms with E-state index in [0.717, 1.165) is 6.54 Å². The van der Waals surface area contributed by atoms with Crippen LogP contribution in [0.1, 0.15) is 42.1 Å². The van der Waals surface area contributed by atoms with Gasteiger partial charge in [-0.1, -0.05) is 25.1 Å². The molecular formula is C15H20N2. The SMILES string of the molecule is CCn1cncc1[C@@H](C)c1cccc(C)c1C. The number of imidazole rings is 1. The van der Waals surface area contributed by atoms with E-state index < -0.39 is 0 Å². The van der Waals surface area contributed by atoms with Gasteiger partial charge in [0.25, 0.3) is 0 Å². The fourth-order valence-corrected chi connectivity index (χ4v) is 2.36. The van der Waals surface area contributed by atoms with Crippen molar-refractivity contribution in [1.82, 2.24) is 9.55 Å². The summed E-state index contributed by atoms with van der Waals surface area (Å²) >= 11 is 0. The molecule has 2 aromatic rings. The van der Waals surface area contributed by atoms with Gasteiger partial charge in [0.1, 0.15) is 0 Å². The molecule has 0 spiro atoms. The Kier molecular flexibility index (Phi) is 3.32. The molecule has 2 nitrogen and oxygen atoms in total. The van der Waals surface area contributed by atoms with Gasteiger partial charge in [-0.2, -0.15) is 0 Å². The first-order valence-electron chi connectivity index (χ1n) is 6.21. The Morgan fingerprint density at radius 3 is 2.76 bits per heavy atom. The zero-order valence-corrected chi connectivity index (χ0v) is 11.1. The maximum absolute atomic E-state index is 4.25. The summed E-state index contributed by atoms with van der Waals surface area (Å²) in [4.78, 5) is 4.25. The highest BCUT2D eigenvalue weighted by Gasteiger charge is 2.15. The van der Waals surface area contributed by atoms with Crippen molar-refractivity contribution in [2.75, 3.05) is 0 Å². The zero-order valence-electron chi connectivity index (χ0n) is 11.1. The molecule has 2 heteroatoms. The van der Waals surface area contributed by atoms with Crippen LogP contribution in [0.3, 0.4) is 0 Å². The lowest BCUT2D eigenvalue weighted by atomic mass is 9.91. The van der Waals surface area contributed by atoms with E-state index in [9.17, 15) is 0 Å². The number of aryl methyl sites for hydroxylation is 2. The molecule has 0 aliphatic heterocycles. The molecule has 0 amide bonds. The average molecular weight is 228 g/mol. The minimum Gasteiger partial charge on any atom is -0.334 e. The molecule has 0 aliphatic carbocycles. The minimum absolute atomic E-state index is 0.400. The number of benzene rings is 1. The third-order valence-electron chi connectivity index (χ3n) is 3.64. The molecule has 0 bridgehead atoms. The Bertz CT molecular complexity index is 511. The van der Waals surface area contributed by atoms with Crippen LogP contribution in [0.5, 0.6) is 0 Å². The third-order valence-corrected chi connectivity index (χ3v) is 3.64. The van der Waals surface area contributed by atoms with Crippen LogP contribution >= 0.6 is 0 Å². The van der Waals surface area contributed by atoms with Gasteiger partial charge in [-0.25, -0.2) is 4.98 Å². The standard InChI is InChI=1S/C15H20N2/c1-5-17-10-16-9-15(17)13(4)14-8-6-7-11(2)12(14)3/h6-10,13H,5H2,1-4H3/t13-/m0/s1. The maximum atomic E-state index is 4.25. The Labute approximate surface area is 103 Å². The van der Waals surface area contributed by atoms with Crippen molar-refractivity contribution < 1.29 is 0 Å². The summed E-state index contributed by atoms with van der Waals surface area (Å²) in [6, 6.07) is 6.53. The highest BCUT2D eigenvalue weighted by molar-refractivity contribution is 5.38. The van der Waals surface area contributed by atoms with Gasteiger partial charge < -0.3 is 4.57 Å². The summed E-state index contributed by atoms with van der Waals surface area (Å²) in [6.45, 7) is 9.76. The molecule has 0 fully saturated rings. The third kappa shape index (κ3) is 2.12. The molecule has 0 saturated carbocycles. The molecule has 0 N–H and O–H groups in total. The van der Waals surface area contributed by atoms with Crippen LogP contribution in [0.2, 0.25) is 0 Å². The lowest BCUT2D eigenvalue weighted by molar-refractivity contribution is 0.685. The smallest absolute Gasteiger partial charge is 0.0948 e. The molecule has 17 heavy (non-hydrogen) atoms. The van der Waals surface area contributed by atoms with Crippen molar-refractivity contribution in [2.24, 2.45) is 0 Å². The van der Waals surface area contributed by atoms with E-state index >= 15 is 0 Å². The number of nitrogens with zero attached hydrogens (tertiary/aromatic N) is 2. The predicted molar refractivity (Wildman–Crippen MR) is 71.3 cm³/mol. The maximum Gasteiger partial charge on any atom is 0.0948 e. The number of aromatic nitrogens is 2. The largest absolute Gasteiger partial charge is 0.334 e. The van der Waals surface area contributed by atoms with Gasteiger partial charge in [-0.15, -0.1) is 0 Å². The van der Waals surface area contributed by atoms with Crippen LogP contribution in [0.15, 0.2) is 30.7 Å². The van der Waals surface area contributed by atoms with Gasteiger partial charge in [0.05, 0.1) is 6.33 Å². The molecule has 2 rings (SSSR count). The second kappa shape index (κ2) is 4.74. The zero-order chi connectivity index (χ0) is 12.4. The van der Waals surface area contributed by atoms with Crippen molar-refractivity contribution in [3.63, 3.8) is 0 Å². The molecule has 1 heterocycles. The van der Waals surface area contributed by atoms with Crippen LogP contribution in [0.4, 0.5) is 0 Å². The van der Waals surface area contributed by atoms with Gasteiger partial charge in [0, 0.05) is 24.4 Å². The van der Waals surface area contributed by atoms with Crippen molar-refractivity contribution in [1.29, 1.82) is 0 Å². The van der Waals surface area contributed by atoms with E-state index in [1.54, 1.807) is 0 Å². The van der Waals surface area contributed by atoms with Gasteiger partial charge in [-0.3, -0.25) is 0 Å². The summed E-state index contributed by atoms with van der Waals surface area (Å²) in [5, 5.41) is 0. The molecule has 1 atom stereocenters. The molecule has 90 valence electrons. The lowest BCUT2D eigenvalue weighted by Gasteiger charge is -2.17. The van der Waals surface area contributed by atoms with Crippen molar-refractivity contribution in [3.8, 4) is 0 Å². The van der Waals surface area contributed by atoms with Crippen LogP contribution in [0, 0.1) is 13.8 Å². The fourth-order valence-electron chi connectivity index (χ4n) is 2.36. The molecule has 1 aromatic carbocycles. The Balaban J connectivity index is 2.44. The molecular weight excluding hydrogens is 208 g/mol. The second-order valence-corrected chi connectivity index (χ2v) is 4.62. The quantitative estimate of drug-likeness (QED) is 0.783. The monoisotopic (exact) mass is 228 g/mol. The molecule has 0 radical (unpaired) electrons. The number of hydrogen-bond acceptors (Lipinski definition) is 1. The highest BCUT2D eigenvalue weighted by Crippen LogP contribution is 2.27. The Morgan fingerprint density at radius 1 is 1.29 bits per heavy atom. The summed E-state index contributed by atoms with van der Waals surface area (Å²) in [7, 11) is 0. The van der Waals surface area contributed by atoms with Crippen LogP contribution in [0.25, 0.3) is 0 Å². The van der Waals surface area contributed by atoms with Crippen LogP contribution in [-0.4, -0.2) is 9.55 Å². The molecule has 1 aromatic heterocycles. The topological polar surface area (TPSA) is 17.8 Å². The van der Waals surface area contributed by atoms with Crippen LogP contribution < -0.4 is 0 Å². The normalized spacial score (nSPS) is 12.7. The van der Waals surface area contributed by atoms with Crippen molar-refractivity contribution in [2.45, 2.75) is 40.2 Å². The van der Waals surface area contributed by atoms with Crippen molar-refractivity contribution >= 4 is 0 Å². The highest BCUT2D eigenvalue weighted by atomic mass is 15.0. The lowest BCUT2D eigenvalue weighted by Crippen LogP contribution is -2.06. The Hall–Kier alpha value is -1.57. The summed E-state index contributed by atoms with van der Waals surface area (Å²) < 4.78 is 2.21. The molecule has 0 aliphatic rings. The minimum atomic E-state index is 0.400. The first-order valence-corrected chi connectivity index (χ1v) is 6.21. The van der Waals surface area contributed by atoms with E-state index in [2.05, 4.69) is 55.4 Å². The fraction of sp³-hybridized carbons (Fsp3) is 0.400. The number of rotatable bonds is 3.